The largest absolute Gasteiger partial charge is 0.434 e. The molecule has 0 unspecified atom stereocenters. The molecule has 2 nitrogen and oxygen atoms in total. The Kier molecular flexibility index (Phi) is 3.02. The van der Waals surface area contributed by atoms with E-state index in [2.05, 4.69) is 4.74 Å². The van der Waals surface area contributed by atoms with Crippen molar-refractivity contribution in [1.82, 2.24) is 0 Å². The summed E-state index contributed by atoms with van der Waals surface area (Å²) in [5.74, 6) is 0.634. The van der Waals surface area contributed by atoms with E-state index in [0.717, 1.165) is 0 Å². The number of carbonyl (C=O) groups excluding carboxylic acids is 1. The molecule has 0 saturated carbocycles. The molecular weight excluding hydrogens is 92.1 g/mol. The molecule has 0 aromatic rings. The first-order chi connectivity index (χ1) is 3.31. The van der Waals surface area contributed by atoms with Crippen LogP contribution in [0.5, 0.6) is 0 Å². The van der Waals surface area contributed by atoms with E-state index in [0.29, 0.717) is 12.2 Å². The molecule has 2 heteroatoms. The van der Waals surface area contributed by atoms with Crippen molar-refractivity contribution in [1.29, 1.82) is 0 Å². The third-order valence-electron chi connectivity index (χ3n) is 0.641. The first kappa shape index (κ1) is 6.21. The molecule has 0 rings (SSSR count). The van der Waals surface area contributed by atoms with Gasteiger partial charge in [0, 0.05) is 0 Å². The Morgan fingerprint density at radius 1 is 1.71 bits per heavy atom. The van der Waals surface area contributed by atoms with Crippen molar-refractivity contribution >= 4 is 6.47 Å². The number of rotatable bonds is 2. The molecule has 0 bridgehead atoms. The SMILES string of the molecule is C/C=C(/C)OC=O. The van der Waals surface area contributed by atoms with Crippen LogP contribution in [-0.2, 0) is 9.53 Å². The molecule has 0 aromatic carbocycles. The normalized spacial score (nSPS) is 10.9. The van der Waals surface area contributed by atoms with Gasteiger partial charge in [-0.15, -0.1) is 0 Å². The predicted octanol–water partition coefficient (Wildman–Crippen LogP) is 1.08. The van der Waals surface area contributed by atoms with Crippen LogP contribution in [0.1, 0.15) is 13.8 Å². The smallest absolute Gasteiger partial charge is 0.298 e. The van der Waals surface area contributed by atoms with E-state index in [1.807, 2.05) is 0 Å². The van der Waals surface area contributed by atoms with Gasteiger partial charge >= 0.3 is 0 Å². The molecule has 0 radical (unpaired) electrons. The molecular formula is C5H8O2. The van der Waals surface area contributed by atoms with Crippen molar-refractivity contribution < 1.29 is 9.53 Å². The van der Waals surface area contributed by atoms with Crippen LogP contribution in [-0.4, -0.2) is 6.47 Å². The Labute approximate surface area is 42.8 Å². The first-order valence-electron chi connectivity index (χ1n) is 2.04. The van der Waals surface area contributed by atoms with E-state index in [-0.39, 0.29) is 0 Å². The zero-order chi connectivity index (χ0) is 5.70. The van der Waals surface area contributed by atoms with Crippen molar-refractivity contribution in [3.8, 4) is 0 Å². The second kappa shape index (κ2) is 3.40. The van der Waals surface area contributed by atoms with Gasteiger partial charge in [0.1, 0.15) is 0 Å². The van der Waals surface area contributed by atoms with Crippen molar-refractivity contribution in [3.63, 3.8) is 0 Å². The van der Waals surface area contributed by atoms with Gasteiger partial charge in [-0.1, -0.05) is 0 Å². The summed E-state index contributed by atoms with van der Waals surface area (Å²) in [6.45, 7) is 3.93. The minimum atomic E-state index is 0.412. The third kappa shape index (κ3) is 3.03. The van der Waals surface area contributed by atoms with Crippen molar-refractivity contribution in [2.75, 3.05) is 0 Å². The fraction of sp³-hybridized carbons (Fsp3) is 0.400. The van der Waals surface area contributed by atoms with E-state index in [4.69, 9.17) is 0 Å². The van der Waals surface area contributed by atoms with Gasteiger partial charge in [0.25, 0.3) is 6.47 Å². The summed E-state index contributed by atoms with van der Waals surface area (Å²) in [4.78, 5) is 9.51. The molecule has 0 saturated heterocycles. The summed E-state index contributed by atoms with van der Waals surface area (Å²) in [6.07, 6.45) is 1.72. The molecule has 0 spiro atoms. The molecule has 40 valence electrons. The number of ether oxygens (including phenoxy) is 1. The molecule has 0 amide bonds. The third-order valence-corrected chi connectivity index (χ3v) is 0.641. The summed E-state index contributed by atoms with van der Waals surface area (Å²) >= 11 is 0. The Hall–Kier alpha value is -0.790. The lowest BCUT2D eigenvalue weighted by atomic mass is 10.5. The van der Waals surface area contributed by atoms with E-state index < -0.39 is 0 Å². The van der Waals surface area contributed by atoms with Crippen LogP contribution in [0, 0.1) is 0 Å². The average molecular weight is 100 g/mol. The van der Waals surface area contributed by atoms with Gasteiger partial charge in [0.2, 0.25) is 0 Å². The summed E-state index contributed by atoms with van der Waals surface area (Å²) < 4.78 is 4.37. The second-order valence-corrected chi connectivity index (χ2v) is 1.11. The second-order valence-electron chi connectivity index (χ2n) is 1.11. The van der Waals surface area contributed by atoms with Crippen molar-refractivity contribution in [2.24, 2.45) is 0 Å². The number of hydrogen-bond donors (Lipinski definition) is 0. The lowest BCUT2D eigenvalue weighted by molar-refractivity contribution is -0.125. The van der Waals surface area contributed by atoms with Gasteiger partial charge in [-0.05, 0) is 19.9 Å². The number of hydrogen-bond acceptors (Lipinski definition) is 2. The van der Waals surface area contributed by atoms with Crippen LogP contribution in [0.2, 0.25) is 0 Å². The van der Waals surface area contributed by atoms with Crippen LogP contribution in [0.4, 0.5) is 0 Å². The number of carbonyl (C=O) groups is 1. The lowest BCUT2D eigenvalue weighted by Crippen LogP contribution is -1.80. The van der Waals surface area contributed by atoms with E-state index in [1.54, 1.807) is 19.9 Å². The summed E-state index contributed by atoms with van der Waals surface area (Å²) in [5.41, 5.74) is 0. The highest BCUT2D eigenvalue weighted by molar-refractivity contribution is 5.39. The molecule has 0 aromatic heterocycles. The highest BCUT2D eigenvalue weighted by Crippen LogP contribution is 1.88. The Bertz CT molecular complexity index is 84.1. The zero-order valence-electron chi connectivity index (χ0n) is 4.47. The van der Waals surface area contributed by atoms with Crippen LogP contribution < -0.4 is 0 Å². The molecule has 0 fully saturated rings. The summed E-state index contributed by atoms with van der Waals surface area (Å²) in [5, 5.41) is 0. The van der Waals surface area contributed by atoms with Gasteiger partial charge in [0.05, 0.1) is 5.76 Å². The summed E-state index contributed by atoms with van der Waals surface area (Å²) in [7, 11) is 0. The first-order valence-corrected chi connectivity index (χ1v) is 2.04. The standard InChI is InChI=1S/C5H8O2/c1-3-5(2)7-4-6/h3-4H,1-2H3/b5-3-. The van der Waals surface area contributed by atoms with Crippen LogP contribution >= 0.6 is 0 Å². The topological polar surface area (TPSA) is 26.3 Å². The van der Waals surface area contributed by atoms with Crippen LogP contribution in [0.25, 0.3) is 0 Å². The maximum absolute atomic E-state index is 9.51. The van der Waals surface area contributed by atoms with E-state index in [1.165, 1.54) is 0 Å². The summed E-state index contributed by atoms with van der Waals surface area (Å²) in [6, 6.07) is 0. The molecule has 0 aliphatic carbocycles. The van der Waals surface area contributed by atoms with Gasteiger partial charge in [-0.2, -0.15) is 0 Å². The zero-order valence-corrected chi connectivity index (χ0v) is 4.47. The molecule has 0 aliphatic heterocycles. The Balaban J connectivity index is 3.36. The highest BCUT2D eigenvalue weighted by atomic mass is 16.5. The van der Waals surface area contributed by atoms with Gasteiger partial charge in [-0.3, -0.25) is 4.79 Å². The van der Waals surface area contributed by atoms with Gasteiger partial charge in [-0.25, -0.2) is 0 Å². The predicted molar refractivity (Wildman–Crippen MR) is 26.6 cm³/mol. The van der Waals surface area contributed by atoms with E-state index >= 15 is 0 Å². The maximum atomic E-state index is 9.51. The maximum Gasteiger partial charge on any atom is 0.298 e. The number of allylic oxidation sites excluding steroid dienone is 2. The highest BCUT2D eigenvalue weighted by Gasteiger charge is 1.78. The Morgan fingerprint density at radius 2 is 2.29 bits per heavy atom. The molecule has 0 aliphatic rings. The van der Waals surface area contributed by atoms with Crippen molar-refractivity contribution in [3.05, 3.63) is 11.8 Å². The molecule has 0 heterocycles. The lowest BCUT2D eigenvalue weighted by Gasteiger charge is -1.89. The van der Waals surface area contributed by atoms with Crippen LogP contribution in [0.3, 0.4) is 0 Å². The van der Waals surface area contributed by atoms with Crippen molar-refractivity contribution in [2.45, 2.75) is 13.8 Å². The Morgan fingerprint density at radius 3 is 2.43 bits per heavy atom. The average Bonchev–Trinajstić information content (AvgIpc) is 1.68. The van der Waals surface area contributed by atoms with Crippen LogP contribution in [0.15, 0.2) is 11.8 Å². The molecule has 0 N–H and O–H groups in total. The van der Waals surface area contributed by atoms with Gasteiger partial charge < -0.3 is 4.74 Å². The molecule has 0 atom stereocenters. The fourth-order valence-corrected chi connectivity index (χ4v) is 0.144. The van der Waals surface area contributed by atoms with E-state index in [9.17, 15) is 4.79 Å². The van der Waals surface area contributed by atoms with Gasteiger partial charge in [0.15, 0.2) is 0 Å². The molecule has 7 heavy (non-hydrogen) atoms. The fourth-order valence-electron chi connectivity index (χ4n) is 0.144. The quantitative estimate of drug-likeness (QED) is 0.383. The monoisotopic (exact) mass is 100 g/mol. The minimum Gasteiger partial charge on any atom is -0.434 e. The minimum absolute atomic E-state index is 0.412.